The minimum atomic E-state index is -0.459. The lowest BCUT2D eigenvalue weighted by Gasteiger charge is -2.07. The van der Waals surface area contributed by atoms with E-state index in [1.54, 1.807) is 0 Å². The minimum Gasteiger partial charge on any atom is -0.380 e. The van der Waals surface area contributed by atoms with E-state index >= 15 is 0 Å². The van der Waals surface area contributed by atoms with E-state index in [1.807, 2.05) is 13.8 Å². The third-order valence-electron chi connectivity index (χ3n) is 2.31. The van der Waals surface area contributed by atoms with Crippen LogP contribution in [0, 0.1) is 0 Å². The third-order valence-corrected chi connectivity index (χ3v) is 2.31. The van der Waals surface area contributed by atoms with Gasteiger partial charge in [0.25, 0.3) is 5.56 Å². The van der Waals surface area contributed by atoms with Crippen LogP contribution in [0.4, 0.5) is 5.82 Å². The zero-order valence-electron chi connectivity index (χ0n) is 10.1. The summed E-state index contributed by atoms with van der Waals surface area (Å²) in [6, 6.07) is 0. The second-order valence-corrected chi connectivity index (χ2v) is 3.96. The Bertz CT molecular complexity index is 617. The van der Waals surface area contributed by atoms with Crippen LogP contribution in [0.5, 0.6) is 0 Å². The molecule has 0 amide bonds. The molecule has 0 aromatic carbocycles. The van der Waals surface area contributed by atoms with Crippen LogP contribution in [0.1, 0.15) is 13.8 Å². The molecule has 9 heteroatoms. The van der Waals surface area contributed by atoms with Gasteiger partial charge in [-0.1, -0.05) is 5.21 Å². The number of anilines is 1. The lowest BCUT2D eigenvalue weighted by atomic mass is 10.4. The second-order valence-electron chi connectivity index (χ2n) is 3.96. The van der Waals surface area contributed by atoms with Crippen molar-refractivity contribution in [1.82, 2.24) is 24.8 Å². The van der Waals surface area contributed by atoms with Crippen molar-refractivity contribution in [2.45, 2.75) is 33.4 Å². The van der Waals surface area contributed by atoms with Gasteiger partial charge in [-0.2, -0.15) is 9.78 Å². The Hall–Kier alpha value is -2.00. The fraction of sp³-hybridized carbons (Fsp3) is 0.556. The Balaban J connectivity index is 2.52. The summed E-state index contributed by atoms with van der Waals surface area (Å²) in [5.74, 6) is 0.0561. The highest BCUT2D eigenvalue weighted by Crippen LogP contribution is 2.12. The molecule has 0 radical (unpaired) electrons. The molecule has 2 heterocycles. The summed E-state index contributed by atoms with van der Waals surface area (Å²) in [4.78, 5) is 12.1. The highest BCUT2D eigenvalue weighted by atomic mass is 16.5. The van der Waals surface area contributed by atoms with Crippen LogP contribution in [0.2, 0.25) is 0 Å². The number of hydrogen-bond donors (Lipinski definition) is 2. The van der Waals surface area contributed by atoms with Crippen molar-refractivity contribution < 1.29 is 9.84 Å². The van der Waals surface area contributed by atoms with E-state index in [4.69, 9.17) is 15.6 Å². The molecule has 0 unspecified atom stereocenters. The first-order valence-corrected chi connectivity index (χ1v) is 5.36. The summed E-state index contributed by atoms with van der Waals surface area (Å²) in [7, 11) is 0. The first-order valence-electron chi connectivity index (χ1n) is 5.36. The second kappa shape index (κ2) is 4.70. The number of rotatable bonds is 4. The van der Waals surface area contributed by atoms with Crippen molar-refractivity contribution in [2.75, 3.05) is 5.73 Å². The van der Waals surface area contributed by atoms with Crippen molar-refractivity contribution in [3.63, 3.8) is 0 Å². The molecule has 9 nitrogen and oxygen atoms in total. The lowest BCUT2D eigenvalue weighted by Crippen LogP contribution is -2.28. The Morgan fingerprint density at radius 1 is 1.44 bits per heavy atom. The van der Waals surface area contributed by atoms with Gasteiger partial charge in [-0.25, -0.2) is 4.68 Å². The summed E-state index contributed by atoms with van der Waals surface area (Å²) in [6.45, 7) is 3.20. The molecule has 2 aromatic rings. The van der Waals surface area contributed by atoms with Crippen molar-refractivity contribution in [3.05, 3.63) is 10.4 Å². The molecular weight excluding hydrogens is 240 g/mol. The number of aromatic nitrogens is 5. The van der Waals surface area contributed by atoms with Crippen LogP contribution < -0.4 is 11.3 Å². The molecule has 0 saturated heterocycles. The first kappa shape index (κ1) is 12.5. The zero-order chi connectivity index (χ0) is 13.3. The van der Waals surface area contributed by atoms with Crippen molar-refractivity contribution in [2.24, 2.45) is 0 Å². The Morgan fingerprint density at radius 3 is 2.78 bits per heavy atom. The minimum absolute atomic E-state index is 0.0179. The van der Waals surface area contributed by atoms with E-state index in [2.05, 4.69) is 15.4 Å². The summed E-state index contributed by atoms with van der Waals surface area (Å²) in [5.41, 5.74) is 5.39. The topological polar surface area (TPSA) is 121 Å². The van der Waals surface area contributed by atoms with E-state index in [-0.39, 0.29) is 29.7 Å². The Kier molecular flexibility index (Phi) is 3.26. The van der Waals surface area contributed by atoms with E-state index in [1.165, 1.54) is 0 Å². The zero-order valence-corrected chi connectivity index (χ0v) is 10.1. The van der Waals surface area contributed by atoms with Gasteiger partial charge in [0, 0.05) is 0 Å². The number of nitrogen functional groups attached to an aromatic ring is 1. The molecule has 0 aliphatic heterocycles. The molecule has 0 atom stereocenters. The standard InChI is InChI=1S/C9H14N6O3/c1-5(2)18-4-15-9(17)7-6(11-13-15)8(10)12-14(7)3-16/h5,16H,3-4H2,1-2H3,(H2,10,12). The fourth-order valence-corrected chi connectivity index (χ4v) is 1.45. The van der Waals surface area contributed by atoms with Crippen molar-refractivity contribution in [3.8, 4) is 0 Å². The van der Waals surface area contributed by atoms with Crippen molar-refractivity contribution >= 4 is 16.9 Å². The van der Waals surface area contributed by atoms with Gasteiger partial charge in [-0.15, -0.1) is 5.10 Å². The number of nitrogens with zero attached hydrogens (tertiary/aromatic N) is 5. The number of hydrogen-bond acceptors (Lipinski definition) is 7. The third kappa shape index (κ3) is 2.05. The largest absolute Gasteiger partial charge is 0.380 e. The van der Waals surface area contributed by atoms with Crippen LogP contribution in [0.25, 0.3) is 11.0 Å². The lowest BCUT2D eigenvalue weighted by molar-refractivity contribution is 0.0181. The van der Waals surface area contributed by atoms with Gasteiger partial charge in [-0.05, 0) is 13.8 Å². The maximum absolute atomic E-state index is 12.1. The molecule has 98 valence electrons. The first-order chi connectivity index (χ1) is 8.54. The quantitative estimate of drug-likeness (QED) is 0.710. The number of nitrogens with two attached hydrogens (primary N) is 1. The van der Waals surface area contributed by atoms with Crippen LogP contribution in [-0.2, 0) is 18.2 Å². The average Bonchev–Trinajstić information content (AvgIpc) is 2.66. The molecule has 0 fully saturated rings. The summed E-state index contributed by atoms with van der Waals surface area (Å²) in [5, 5.41) is 20.4. The van der Waals surface area contributed by atoms with Crippen LogP contribution in [0.3, 0.4) is 0 Å². The molecule has 2 rings (SSSR count). The highest BCUT2D eigenvalue weighted by molar-refractivity contribution is 5.83. The van der Waals surface area contributed by atoms with Gasteiger partial charge in [-0.3, -0.25) is 4.79 Å². The SMILES string of the molecule is CC(C)OCn1nnc2c(N)nn(CO)c2c1=O. The summed E-state index contributed by atoms with van der Waals surface area (Å²) >= 11 is 0. The predicted molar refractivity (Wildman–Crippen MR) is 62.4 cm³/mol. The van der Waals surface area contributed by atoms with Crippen LogP contribution in [0.15, 0.2) is 4.79 Å². The van der Waals surface area contributed by atoms with Gasteiger partial charge in [0.2, 0.25) is 0 Å². The maximum atomic E-state index is 12.1. The normalized spacial score (nSPS) is 11.6. The van der Waals surface area contributed by atoms with Gasteiger partial charge < -0.3 is 15.6 Å². The van der Waals surface area contributed by atoms with E-state index < -0.39 is 12.3 Å². The molecule has 3 N–H and O–H groups in total. The molecule has 2 aromatic heterocycles. The summed E-state index contributed by atoms with van der Waals surface area (Å²) in [6.07, 6.45) is -0.0396. The smallest absolute Gasteiger partial charge is 0.298 e. The van der Waals surface area contributed by atoms with Gasteiger partial charge >= 0.3 is 0 Å². The van der Waals surface area contributed by atoms with E-state index in [0.29, 0.717) is 0 Å². The Labute approximate surface area is 102 Å². The predicted octanol–water partition coefficient (Wildman–Crippen LogP) is -1.10. The number of ether oxygens (including phenoxy) is 1. The van der Waals surface area contributed by atoms with Gasteiger partial charge in [0.15, 0.2) is 16.9 Å². The Morgan fingerprint density at radius 2 is 2.17 bits per heavy atom. The van der Waals surface area contributed by atoms with Gasteiger partial charge in [0.05, 0.1) is 6.10 Å². The van der Waals surface area contributed by atoms with E-state index in [9.17, 15) is 4.79 Å². The molecule has 0 aliphatic rings. The van der Waals surface area contributed by atoms with E-state index in [0.717, 1.165) is 9.36 Å². The number of fused-ring (bicyclic) bond motifs is 1. The highest BCUT2D eigenvalue weighted by Gasteiger charge is 2.15. The maximum Gasteiger partial charge on any atom is 0.298 e. The monoisotopic (exact) mass is 254 g/mol. The number of aliphatic hydroxyl groups is 1. The van der Waals surface area contributed by atoms with Crippen molar-refractivity contribution in [1.29, 1.82) is 0 Å². The summed E-state index contributed by atoms with van der Waals surface area (Å²) < 4.78 is 7.40. The molecule has 0 saturated carbocycles. The molecule has 18 heavy (non-hydrogen) atoms. The van der Waals surface area contributed by atoms with Crippen LogP contribution >= 0.6 is 0 Å². The molecule has 0 spiro atoms. The molecule has 0 aliphatic carbocycles. The van der Waals surface area contributed by atoms with Gasteiger partial charge in [0.1, 0.15) is 13.5 Å². The average molecular weight is 254 g/mol. The molecule has 0 bridgehead atoms. The fourth-order valence-electron chi connectivity index (χ4n) is 1.45. The molecular formula is C9H14N6O3. The number of aliphatic hydroxyl groups excluding tert-OH is 1. The van der Waals surface area contributed by atoms with Crippen LogP contribution in [-0.4, -0.2) is 36.0 Å².